The molecule has 0 spiro atoms. The van der Waals surface area contributed by atoms with Crippen LogP contribution in [0, 0.1) is 5.92 Å². The highest BCUT2D eigenvalue weighted by Crippen LogP contribution is 2.31. The first-order valence-electron chi connectivity index (χ1n) is 14.3. The summed E-state index contributed by atoms with van der Waals surface area (Å²) >= 11 is 0. The molecule has 240 valence electrons. The third kappa shape index (κ3) is 9.93. The van der Waals surface area contributed by atoms with Crippen molar-refractivity contribution in [3.63, 3.8) is 0 Å². The van der Waals surface area contributed by atoms with Gasteiger partial charge in [-0.05, 0) is 66.3 Å². The predicted molar refractivity (Wildman–Crippen MR) is 150 cm³/mol. The van der Waals surface area contributed by atoms with Gasteiger partial charge in [0.2, 0.25) is 0 Å². The van der Waals surface area contributed by atoms with Crippen LogP contribution < -0.4 is 19.1 Å². The molecule has 1 fully saturated rings. The quantitative estimate of drug-likeness (QED) is 0.182. The fourth-order valence-electron chi connectivity index (χ4n) is 4.93. The van der Waals surface area contributed by atoms with Crippen LogP contribution in [0.4, 0.5) is 36.4 Å². The van der Waals surface area contributed by atoms with Gasteiger partial charge in [0.25, 0.3) is 0 Å². The van der Waals surface area contributed by atoms with E-state index in [0.29, 0.717) is 18.3 Å². The lowest BCUT2D eigenvalue weighted by molar-refractivity contribution is -0.253. The van der Waals surface area contributed by atoms with E-state index >= 15 is 0 Å². The van der Waals surface area contributed by atoms with E-state index in [4.69, 9.17) is 9.47 Å². The molecule has 1 aliphatic carbocycles. The molecule has 1 unspecified atom stereocenters. The van der Waals surface area contributed by atoms with Crippen molar-refractivity contribution in [1.29, 1.82) is 0 Å². The van der Waals surface area contributed by atoms with Gasteiger partial charge >= 0.3 is 18.7 Å². The van der Waals surface area contributed by atoms with E-state index in [1.54, 1.807) is 12.1 Å². The summed E-state index contributed by atoms with van der Waals surface area (Å²) < 4.78 is 108. The van der Waals surface area contributed by atoms with Crippen LogP contribution in [0.1, 0.15) is 43.2 Å². The van der Waals surface area contributed by atoms with E-state index in [-0.39, 0.29) is 24.4 Å². The molecule has 4 rings (SSSR count). The second kappa shape index (κ2) is 14.9. The molecule has 0 saturated heterocycles. The van der Waals surface area contributed by atoms with Crippen LogP contribution in [0.2, 0.25) is 0 Å². The second-order valence-corrected chi connectivity index (χ2v) is 10.8. The number of hydrogen-bond donors (Lipinski definition) is 1. The minimum atomic E-state index is -4.93. The van der Waals surface area contributed by atoms with Crippen molar-refractivity contribution in [2.24, 2.45) is 5.92 Å². The van der Waals surface area contributed by atoms with Crippen LogP contribution in [-0.2, 0) is 13.2 Å². The van der Waals surface area contributed by atoms with Crippen LogP contribution in [-0.4, -0.2) is 43.1 Å². The number of rotatable bonds is 14. The molecular formula is C32H34F7NO4. The van der Waals surface area contributed by atoms with E-state index < -0.39 is 37.1 Å². The van der Waals surface area contributed by atoms with Crippen molar-refractivity contribution in [3.05, 3.63) is 83.9 Å². The Bertz CT molecular complexity index is 1330. The molecule has 12 heteroatoms. The molecule has 0 radical (unpaired) electrons. The van der Waals surface area contributed by atoms with E-state index in [0.717, 1.165) is 36.3 Å². The summed E-state index contributed by atoms with van der Waals surface area (Å²) in [4.78, 5) is 1.18. The zero-order valence-electron chi connectivity index (χ0n) is 23.8. The number of nitrogens with zero attached hydrogens (tertiary/aromatic N) is 1. The van der Waals surface area contributed by atoms with Crippen molar-refractivity contribution in [3.8, 4) is 17.2 Å². The molecule has 3 aromatic carbocycles. The number of benzene rings is 3. The average molecular weight is 630 g/mol. The monoisotopic (exact) mass is 629 g/mol. The van der Waals surface area contributed by atoms with Gasteiger partial charge in [-0.1, -0.05) is 49.6 Å². The van der Waals surface area contributed by atoms with Crippen molar-refractivity contribution in [1.82, 2.24) is 0 Å². The van der Waals surface area contributed by atoms with Crippen molar-refractivity contribution in [2.45, 2.75) is 70.1 Å². The molecule has 44 heavy (non-hydrogen) atoms. The Morgan fingerprint density at radius 1 is 0.773 bits per heavy atom. The standard InChI is InChI=1S/C32H34F7NO4/c33-30(34)32(38,39)44-28-14-4-9-23(15-28)18-40(19-29(41)31(35,36)37)25-11-6-13-27(17-25)43-21-24-10-5-12-26(16-24)42-20-22-7-2-1-3-8-22/h4-6,9-17,22,29-30,41H,1-3,7-8,18-21H2. The lowest BCUT2D eigenvalue weighted by atomic mass is 9.90. The predicted octanol–water partition coefficient (Wildman–Crippen LogP) is 8.39. The number of anilines is 1. The van der Waals surface area contributed by atoms with Crippen molar-refractivity contribution in [2.75, 3.05) is 18.1 Å². The summed E-state index contributed by atoms with van der Waals surface area (Å²) in [5.41, 5.74) is 1.23. The van der Waals surface area contributed by atoms with Gasteiger partial charge in [0.05, 0.1) is 13.2 Å². The molecule has 0 aliphatic heterocycles. The van der Waals surface area contributed by atoms with Crippen LogP contribution in [0.25, 0.3) is 0 Å². The van der Waals surface area contributed by atoms with E-state index in [9.17, 15) is 35.8 Å². The van der Waals surface area contributed by atoms with Gasteiger partial charge in [-0.25, -0.2) is 0 Å². The van der Waals surface area contributed by atoms with Crippen LogP contribution in [0.3, 0.4) is 0 Å². The Balaban J connectivity index is 1.46. The third-order valence-electron chi connectivity index (χ3n) is 7.25. The summed E-state index contributed by atoms with van der Waals surface area (Å²) in [5, 5.41) is 9.82. The highest BCUT2D eigenvalue weighted by Gasteiger charge is 2.44. The van der Waals surface area contributed by atoms with E-state index in [1.165, 1.54) is 48.4 Å². The Morgan fingerprint density at radius 3 is 2.07 bits per heavy atom. The highest BCUT2D eigenvalue weighted by atomic mass is 19.4. The summed E-state index contributed by atoms with van der Waals surface area (Å²) in [5.74, 6) is 0.997. The normalized spacial score (nSPS) is 15.2. The molecule has 3 aromatic rings. The van der Waals surface area contributed by atoms with Gasteiger partial charge in [0.1, 0.15) is 23.9 Å². The molecule has 0 bridgehead atoms. The molecular weight excluding hydrogens is 595 g/mol. The molecule has 0 heterocycles. The number of ether oxygens (including phenoxy) is 3. The second-order valence-electron chi connectivity index (χ2n) is 10.8. The Kier molecular flexibility index (Phi) is 11.2. The summed E-state index contributed by atoms with van der Waals surface area (Å²) in [6.45, 7) is -0.400. The van der Waals surface area contributed by atoms with Gasteiger partial charge < -0.3 is 24.2 Å². The maximum atomic E-state index is 13.4. The lowest BCUT2D eigenvalue weighted by Gasteiger charge is -2.29. The number of aliphatic hydroxyl groups is 1. The van der Waals surface area contributed by atoms with Gasteiger partial charge in [0, 0.05) is 18.3 Å². The number of hydrogen-bond acceptors (Lipinski definition) is 5. The van der Waals surface area contributed by atoms with Gasteiger partial charge in [-0.2, -0.15) is 30.7 Å². The first-order chi connectivity index (χ1) is 20.9. The van der Waals surface area contributed by atoms with E-state index in [1.807, 2.05) is 24.3 Å². The fraction of sp³-hybridized carbons (Fsp3) is 0.438. The molecule has 0 amide bonds. The highest BCUT2D eigenvalue weighted by molar-refractivity contribution is 5.52. The minimum absolute atomic E-state index is 0.146. The first kappa shape index (κ1) is 33.2. The summed E-state index contributed by atoms with van der Waals surface area (Å²) in [6, 6.07) is 18.3. The zero-order valence-corrected chi connectivity index (χ0v) is 23.8. The fourth-order valence-corrected chi connectivity index (χ4v) is 4.93. The number of alkyl halides is 7. The van der Waals surface area contributed by atoms with Crippen LogP contribution >= 0.6 is 0 Å². The number of halogens is 7. The Morgan fingerprint density at radius 2 is 1.39 bits per heavy atom. The van der Waals surface area contributed by atoms with Gasteiger partial charge in [0.15, 0.2) is 6.10 Å². The minimum Gasteiger partial charge on any atom is -0.493 e. The number of aliphatic hydroxyl groups excluding tert-OH is 1. The van der Waals surface area contributed by atoms with Crippen molar-refractivity contribution >= 4 is 5.69 Å². The maximum absolute atomic E-state index is 13.4. The SMILES string of the molecule is OC(CN(Cc1cccc(OC(F)(F)C(F)F)c1)c1cccc(OCc2cccc(OCC3CCCCC3)c2)c1)C(F)(F)F. The molecule has 1 saturated carbocycles. The molecule has 0 aromatic heterocycles. The zero-order chi connectivity index (χ0) is 31.7. The third-order valence-corrected chi connectivity index (χ3v) is 7.25. The smallest absolute Gasteiger partial charge is 0.461 e. The lowest BCUT2D eigenvalue weighted by Crippen LogP contribution is -2.40. The summed E-state index contributed by atoms with van der Waals surface area (Å²) in [7, 11) is 0. The molecule has 5 nitrogen and oxygen atoms in total. The largest absolute Gasteiger partial charge is 0.493 e. The molecule has 1 atom stereocenters. The van der Waals surface area contributed by atoms with Gasteiger partial charge in [-0.15, -0.1) is 0 Å². The van der Waals surface area contributed by atoms with E-state index in [2.05, 4.69) is 4.74 Å². The first-order valence-corrected chi connectivity index (χ1v) is 14.3. The van der Waals surface area contributed by atoms with Crippen LogP contribution in [0.5, 0.6) is 17.2 Å². The topological polar surface area (TPSA) is 51.2 Å². The Hall–Kier alpha value is -3.67. The summed E-state index contributed by atoms with van der Waals surface area (Å²) in [6.07, 6.45) is -10.5. The Labute approximate surface area is 251 Å². The maximum Gasteiger partial charge on any atom is 0.461 e. The molecule has 1 N–H and O–H groups in total. The van der Waals surface area contributed by atoms with Crippen LogP contribution in [0.15, 0.2) is 72.8 Å². The van der Waals surface area contributed by atoms with Crippen molar-refractivity contribution < 1.29 is 50.1 Å². The van der Waals surface area contributed by atoms with Gasteiger partial charge in [-0.3, -0.25) is 0 Å². The molecule has 1 aliphatic rings. The average Bonchev–Trinajstić information content (AvgIpc) is 2.99.